The van der Waals surface area contributed by atoms with Gasteiger partial charge in [-0.3, -0.25) is 0 Å². The van der Waals surface area contributed by atoms with Crippen molar-refractivity contribution in [3.63, 3.8) is 0 Å². The van der Waals surface area contributed by atoms with E-state index in [0.717, 1.165) is 45.3 Å². The van der Waals surface area contributed by atoms with Gasteiger partial charge in [-0.1, -0.05) is 6.08 Å². The zero-order chi connectivity index (χ0) is 23.2. The van der Waals surface area contributed by atoms with Crippen molar-refractivity contribution in [2.24, 2.45) is 10.9 Å². The first-order chi connectivity index (χ1) is 15.8. The lowest BCUT2D eigenvalue weighted by Gasteiger charge is -2.22. The normalized spacial score (nSPS) is 17.7. The molecule has 0 saturated heterocycles. The molecular formula is C25H22F3N5. The Kier molecular flexibility index (Phi) is 5.08. The Bertz CT molecular complexity index is 1340. The van der Waals surface area contributed by atoms with Gasteiger partial charge < -0.3 is 15.6 Å². The highest BCUT2D eigenvalue weighted by atomic mass is 19.4. The minimum absolute atomic E-state index is 0.0788. The van der Waals surface area contributed by atoms with E-state index in [0.29, 0.717) is 24.2 Å². The van der Waals surface area contributed by atoms with E-state index in [-0.39, 0.29) is 5.92 Å². The number of pyridine rings is 1. The summed E-state index contributed by atoms with van der Waals surface area (Å²) >= 11 is 0. The summed E-state index contributed by atoms with van der Waals surface area (Å²) in [6, 6.07) is 8.06. The predicted molar refractivity (Wildman–Crippen MR) is 126 cm³/mol. The van der Waals surface area contributed by atoms with Crippen molar-refractivity contribution in [3.05, 3.63) is 84.0 Å². The fourth-order valence-electron chi connectivity index (χ4n) is 4.39. The van der Waals surface area contributed by atoms with Crippen molar-refractivity contribution in [1.29, 1.82) is 0 Å². The molecule has 0 bridgehead atoms. The van der Waals surface area contributed by atoms with Crippen LogP contribution in [0.5, 0.6) is 0 Å². The number of amidine groups is 1. The van der Waals surface area contributed by atoms with Crippen molar-refractivity contribution in [2.45, 2.75) is 19.5 Å². The predicted octanol–water partition coefficient (Wildman–Crippen LogP) is 5.89. The molecule has 33 heavy (non-hydrogen) atoms. The second-order valence-corrected chi connectivity index (χ2v) is 8.21. The maximum atomic E-state index is 13.6. The van der Waals surface area contributed by atoms with Gasteiger partial charge in [0.1, 0.15) is 11.5 Å². The highest BCUT2D eigenvalue weighted by Crippen LogP contribution is 2.41. The number of aryl methyl sites for hydroxylation is 1. The quantitative estimate of drug-likeness (QED) is 0.426. The number of anilines is 1. The van der Waals surface area contributed by atoms with Gasteiger partial charge in [0.15, 0.2) is 0 Å². The van der Waals surface area contributed by atoms with Gasteiger partial charge in [0.25, 0.3) is 0 Å². The number of nitrogens with zero attached hydrogens (tertiary/aromatic N) is 2. The van der Waals surface area contributed by atoms with Crippen LogP contribution in [0.3, 0.4) is 0 Å². The van der Waals surface area contributed by atoms with Gasteiger partial charge in [-0.25, -0.2) is 9.98 Å². The van der Waals surface area contributed by atoms with Crippen LogP contribution in [-0.4, -0.2) is 22.3 Å². The Hall–Kier alpha value is -3.81. The smallest absolute Gasteiger partial charge is 0.382 e. The summed E-state index contributed by atoms with van der Waals surface area (Å²) in [6.07, 6.45) is 3.04. The lowest BCUT2D eigenvalue weighted by Crippen LogP contribution is -2.23. The van der Waals surface area contributed by atoms with Crippen LogP contribution in [0.1, 0.15) is 28.8 Å². The number of alkyl halides is 3. The van der Waals surface area contributed by atoms with E-state index in [2.05, 4.69) is 38.2 Å². The van der Waals surface area contributed by atoms with E-state index >= 15 is 0 Å². The number of aliphatic imine (C=N–C) groups is 1. The van der Waals surface area contributed by atoms with E-state index in [1.807, 2.05) is 19.2 Å². The SMILES string of the molecule is C=CCNc1cc(C2=CN=C3NC=C(c4ccnc5[nH]c(C)cc45)C3C2)cc(C(F)(F)F)c1. The number of halogens is 3. The molecule has 1 aromatic carbocycles. The maximum Gasteiger partial charge on any atom is 0.416 e. The summed E-state index contributed by atoms with van der Waals surface area (Å²) in [5.41, 5.74) is 4.85. The molecule has 1 atom stereocenters. The van der Waals surface area contributed by atoms with Crippen LogP contribution in [0, 0.1) is 12.8 Å². The molecule has 0 spiro atoms. The monoisotopic (exact) mass is 449 g/mol. The van der Waals surface area contributed by atoms with Crippen molar-refractivity contribution < 1.29 is 13.2 Å². The molecule has 0 fully saturated rings. The number of rotatable bonds is 5. The Labute approximate surface area is 188 Å². The first-order valence-electron chi connectivity index (χ1n) is 10.6. The summed E-state index contributed by atoms with van der Waals surface area (Å²) in [7, 11) is 0. The minimum atomic E-state index is -4.45. The van der Waals surface area contributed by atoms with E-state index in [1.54, 1.807) is 24.5 Å². The maximum absolute atomic E-state index is 13.6. The number of aromatic amines is 1. The summed E-state index contributed by atoms with van der Waals surface area (Å²) in [4.78, 5) is 12.2. The van der Waals surface area contributed by atoms with Gasteiger partial charge in [0.05, 0.1) is 5.56 Å². The van der Waals surface area contributed by atoms with Gasteiger partial charge in [-0.15, -0.1) is 6.58 Å². The van der Waals surface area contributed by atoms with Crippen LogP contribution >= 0.6 is 0 Å². The molecule has 1 unspecified atom stereocenters. The molecule has 2 aromatic heterocycles. The Balaban J connectivity index is 1.51. The average Bonchev–Trinajstić information content (AvgIpc) is 3.38. The van der Waals surface area contributed by atoms with Crippen LogP contribution in [0.15, 0.2) is 66.6 Å². The molecule has 0 aliphatic carbocycles. The highest BCUT2D eigenvalue weighted by Gasteiger charge is 2.34. The van der Waals surface area contributed by atoms with Crippen molar-refractivity contribution in [2.75, 3.05) is 11.9 Å². The molecule has 5 nitrogen and oxygen atoms in total. The van der Waals surface area contributed by atoms with Gasteiger partial charge >= 0.3 is 6.18 Å². The number of benzene rings is 1. The second-order valence-electron chi connectivity index (χ2n) is 8.21. The third-order valence-corrected chi connectivity index (χ3v) is 5.92. The molecule has 0 radical (unpaired) electrons. The van der Waals surface area contributed by atoms with E-state index in [9.17, 15) is 13.2 Å². The van der Waals surface area contributed by atoms with E-state index in [4.69, 9.17) is 0 Å². The number of aromatic nitrogens is 2. The number of H-pyrrole nitrogens is 1. The number of hydrogen-bond acceptors (Lipinski definition) is 4. The van der Waals surface area contributed by atoms with Crippen molar-refractivity contribution >= 4 is 33.7 Å². The van der Waals surface area contributed by atoms with Crippen LogP contribution in [0.25, 0.3) is 22.2 Å². The lowest BCUT2D eigenvalue weighted by atomic mass is 9.84. The Morgan fingerprint density at radius 2 is 2.09 bits per heavy atom. The van der Waals surface area contributed by atoms with Gasteiger partial charge in [-0.05, 0) is 65.9 Å². The lowest BCUT2D eigenvalue weighted by molar-refractivity contribution is -0.137. The molecule has 3 aromatic rings. The summed E-state index contributed by atoms with van der Waals surface area (Å²) in [5, 5.41) is 7.22. The van der Waals surface area contributed by atoms with E-state index < -0.39 is 11.7 Å². The standard InChI is InChI=1S/C25H22F3N5/c1-3-5-29-18-9-15(8-17(11-18)25(26,27)28)16-10-21-22(13-32-23(21)31-12-16)19-4-6-30-24-20(19)7-14(2)33-24/h3-4,6-9,11-13,21,29H,1,5,10H2,2H3,(H,30,33)(H,31,32). The summed E-state index contributed by atoms with van der Waals surface area (Å²) < 4.78 is 40.7. The van der Waals surface area contributed by atoms with Crippen molar-refractivity contribution in [1.82, 2.24) is 15.3 Å². The molecule has 168 valence electrons. The number of fused-ring (bicyclic) bond motifs is 2. The van der Waals surface area contributed by atoms with Gasteiger partial charge in [0, 0.05) is 47.8 Å². The number of nitrogens with one attached hydrogen (secondary N) is 3. The molecule has 0 amide bonds. The average molecular weight is 449 g/mol. The van der Waals surface area contributed by atoms with E-state index in [1.165, 1.54) is 6.07 Å². The van der Waals surface area contributed by atoms with Crippen LogP contribution < -0.4 is 10.6 Å². The molecule has 2 aliphatic rings. The third-order valence-electron chi connectivity index (χ3n) is 5.92. The second kappa shape index (κ2) is 7.95. The first kappa shape index (κ1) is 21.1. The highest BCUT2D eigenvalue weighted by molar-refractivity contribution is 6.07. The van der Waals surface area contributed by atoms with Crippen LogP contribution in [-0.2, 0) is 6.18 Å². The number of hydrogen-bond donors (Lipinski definition) is 3. The zero-order valence-corrected chi connectivity index (χ0v) is 17.9. The topological polar surface area (TPSA) is 65.1 Å². The van der Waals surface area contributed by atoms with Gasteiger partial charge in [-0.2, -0.15) is 13.2 Å². The largest absolute Gasteiger partial charge is 0.416 e. The van der Waals surface area contributed by atoms with Crippen molar-refractivity contribution in [3.8, 4) is 0 Å². The summed E-state index contributed by atoms with van der Waals surface area (Å²) in [6.45, 7) is 5.97. The Morgan fingerprint density at radius 3 is 2.88 bits per heavy atom. The molecular weight excluding hydrogens is 427 g/mol. The minimum Gasteiger partial charge on any atom is -0.382 e. The fourth-order valence-corrected chi connectivity index (χ4v) is 4.39. The third kappa shape index (κ3) is 3.92. The molecule has 8 heteroatoms. The number of allylic oxidation sites excluding steroid dienone is 1. The summed E-state index contributed by atoms with van der Waals surface area (Å²) in [5.74, 6) is 0.716. The zero-order valence-electron chi connectivity index (χ0n) is 17.9. The van der Waals surface area contributed by atoms with Gasteiger partial charge in [0.2, 0.25) is 0 Å². The first-order valence-corrected chi connectivity index (χ1v) is 10.6. The Morgan fingerprint density at radius 1 is 1.24 bits per heavy atom. The molecule has 3 N–H and O–H groups in total. The van der Waals surface area contributed by atoms with Crippen LogP contribution in [0.4, 0.5) is 18.9 Å². The molecule has 2 aliphatic heterocycles. The fraction of sp³-hybridized carbons (Fsp3) is 0.200. The molecule has 5 rings (SSSR count). The van der Waals surface area contributed by atoms with Crippen LogP contribution in [0.2, 0.25) is 0 Å². The molecule has 0 saturated carbocycles. The molecule has 4 heterocycles.